The van der Waals surface area contributed by atoms with Gasteiger partial charge >= 0.3 is 0 Å². The van der Waals surface area contributed by atoms with Gasteiger partial charge in [0.1, 0.15) is 11.0 Å². The summed E-state index contributed by atoms with van der Waals surface area (Å²) in [6.45, 7) is 7.47. The minimum atomic E-state index is -1.26. The molecule has 0 saturated carbocycles. The van der Waals surface area contributed by atoms with Gasteiger partial charge in [-0.1, -0.05) is 5.16 Å². The second kappa shape index (κ2) is 4.73. The minimum Gasteiger partial charge on any atom is -0.354 e. The molecule has 1 aromatic rings. The number of aromatic nitrogens is 1. The summed E-state index contributed by atoms with van der Waals surface area (Å²) >= 11 is 2.12. The number of rotatable bonds is 2. The van der Waals surface area contributed by atoms with Crippen LogP contribution in [0.15, 0.2) is 8.92 Å². The quantitative estimate of drug-likeness (QED) is 0.614. The van der Waals surface area contributed by atoms with Crippen molar-refractivity contribution in [1.29, 1.82) is 0 Å². The molecule has 0 amide bonds. The van der Waals surface area contributed by atoms with Crippen molar-refractivity contribution in [3.63, 3.8) is 0 Å². The molecule has 0 aromatic carbocycles. The SMILES string of the molecule is Cc1noc(/C=N/S(=O)C(C)(C)C)c1I. The van der Waals surface area contributed by atoms with Crippen molar-refractivity contribution in [2.75, 3.05) is 0 Å². The van der Waals surface area contributed by atoms with E-state index in [-0.39, 0.29) is 4.75 Å². The van der Waals surface area contributed by atoms with Gasteiger partial charge in [-0.3, -0.25) is 0 Å². The molecule has 84 valence electrons. The Morgan fingerprint density at radius 3 is 2.53 bits per heavy atom. The monoisotopic (exact) mass is 340 g/mol. The minimum absolute atomic E-state index is 0.350. The van der Waals surface area contributed by atoms with Gasteiger partial charge in [0.05, 0.1) is 20.2 Å². The van der Waals surface area contributed by atoms with Crippen LogP contribution in [-0.4, -0.2) is 20.3 Å². The zero-order valence-corrected chi connectivity index (χ0v) is 12.0. The number of aryl methyl sites for hydroxylation is 1. The molecule has 1 aromatic heterocycles. The molecule has 6 heteroatoms. The van der Waals surface area contributed by atoms with Gasteiger partial charge in [0.2, 0.25) is 0 Å². The molecule has 1 unspecified atom stereocenters. The fourth-order valence-corrected chi connectivity index (χ4v) is 1.55. The van der Waals surface area contributed by atoms with Gasteiger partial charge < -0.3 is 4.52 Å². The largest absolute Gasteiger partial charge is 0.354 e. The van der Waals surface area contributed by atoms with E-state index in [0.29, 0.717) is 5.76 Å². The lowest BCUT2D eigenvalue weighted by Crippen LogP contribution is -2.19. The Kier molecular flexibility index (Phi) is 4.05. The molecule has 0 fully saturated rings. The maximum absolute atomic E-state index is 11.6. The Bertz CT molecular complexity index is 407. The van der Waals surface area contributed by atoms with Gasteiger partial charge in [-0.2, -0.15) is 4.40 Å². The van der Waals surface area contributed by atoms with Crippen LogP contribution in [0, 0.1) is 10.5 Å². The average molecular weight is 340 g/mol. The van der Waals surface area contributed by atoms with E-state index in [0.717, 1.165) is 9.26 Å². The molecule has 0 spiro atoms. The average Bonchev–Trinajstić information content (AvgIpc) is 2.43. The molecule has 0 radical (unpaired) electrons. The summed E-state index contributed by atoms with van der Waals surface area (Å²) in [4.78, 5) is 0. The van der Waals surface area contributed by atoms with Crippen molar-refractivity contribution in [3.05, 3.63) is 15.0 Å². The van der Waals surface area contributed by atoms with Crippen molar-refractivity contribution in [1.82, 2.24) is 5.16 Å². The number of nitrogens with zero attached hydrogens (tertiary/aromatic N) is 2. The summed E-state index contributed by atoms with van der Waals surface area (Å²) in [6, 6.07) is 0. The van der Waals surface area contributed by atoms with Crippen LogP contribution in [0.2, 0.25) is 0 Å². The lowest BCUT2D eigenvalue weighted by atomic mass is 10.3. The van der Waals surface area contributed by atoms with E-state index in [1.807, 2.05) is 27.7 Å². The van der Waals surface area contributed by atoms with Crippen molar-refractivity contribution >= 4 is 39.8 Å². The first-order valence-corrected chi connectivity index (χ1v) is 6.59. The van der Waals surface area contributed by atoms with Gasteiger partial charge in [-0.15, -0.1) is 0 Å². The van der Waals surface area contributed by atoms with Crippen molar-refractivity contribution < 1.29 is 8.73 Å². The third-order valence-electron chi connectivity index (χ3n) is 1.60. The number of halogens is 1. The summed E-state index contributed by atoms with van der Waals surface area (Å²) in [6.07, 6.45) is 1.48. The molecule has 0 aliphatic heterocycles. The predicted octanol–water partition coefficient (Wildman–Crippen LogP) is 2.47. The van der Waals surface area contributed by atoms with Crippen LogP contribution in [-0.2, 0) is 11.0 Å². The Morgan fingerprint density at radius 1 is 1.53 bits per heavy atom. The highest BCUT2D eigenvalue weighted by atomic mass is 127. The lowest BCUT2D eigenvalue weighted by Gasteiger charge is -2.12. The highest BCUT2D eigenvalue weighted by Crippen LogP contribution is 2.16. The van der Waals surface area contributed by atoms with Gasteiger partial charge in [-0.05, 0) is 50.3 Å². The molecule has 0 bridgehead atoms. The second-order valence-electron chi connectivity index (χ2n) is 4.04. The third kappa shape index (κ3) is 3.37. The van der Waals surface area contributed by atoms with Gasteiger partial charge in [0.15, 0.2) is 5.76 Å². The molecule has 0 saturated heterocycles. The highest BCUT2D eigenvalue weighted by molar-refractivity contribution is 14.1. The van der Waals surface area contributed by atoms with Crippen LogP contribution in [0.4, 0.5) is 0 Å². The molecular weight excluding hydrogens is 327 g/mol. The molecule has 0 aliphatic carbocycles. The van der Waals surface area contributed by atoms with Crippen LogP contribution in [0.5, 0.6) is 0 Å². The van der Waals surface area contributed by atoms with Crippen molar-refractivity contribution in [2.24, 2.45) is 4.40 Å². The van der Waals surface area contributed by atoms with E-state index in [1.54, 1.807) is 0 Å². The maximum Gasteiger partial charge on any atom is 0.192 e. The molecule has 15 heavy (non-hydrogen) atoms. The van der Waals surface area contributed by atoms with E-state index < -0.39 is 11.0 Å². The molecule has 1 atom stereocenters. The van der Waals surface area contributed by atoms with Crippen LogP contribution in [0.3, 0.4) is 0 Å². The first kappa shape index (κ1) is 12.8. The summed E-state index contributed by atoms with van der Waals surface area (Å²) in [7, 11) is -1.26. The molecule has 0 aliphatic rings. The molecular formula is C9H13IN2O2S. The van der Waals surface area contributed by atoms with Crippen LogP contribution in [0.1, 0.15) is 32.2 Å². The fourth-order valence-electron chi connectivity index (χ4n) is 0.710. The van der Waals surface area contributed by atoms with E-state index in [4.69, 9.17) is 4.52 Å². The normalized spacial score (nSPS) is 14.7. The van der Waals surface area contributed by atoms with Crippen LogP contribution >= 0.6 is 22.6 Å². The summed E-state index contributed by atoms with van der Waals surface area (Å²) in [5.41, 5.74) is 0.818. The molecule has 1 rings (SSSR count). The first-order chi connectivity index (χ1) is 6.82. The lowest BCUT2D eigenvalue weighted by molar-refractivity contribution is 0.410. The van der Waals surface area contributed by atoms with Crippen LogP contribution in [0.25, 0.3) is 0 Å². The Hall–Kier alpha value is -0.240. The van der Waals surface area contributed by atoms with E-state index in [1.165, 1.54) is 6.21 Å². The topological polar surface area (TPSA) is 55.5 Å². The standard InChI is InChI=1S/C9H13IN2O2S/c1-6-8(10)7(14-12-6)5-11-15(13)9(2,3)4/h5H,1-4H3/b11-5+. The molecule has 0 N–H and O–H groups in total. The summed E-state index contributed by atoms with van der Waals surface area (Å²) in [5.74, 6) is 0.561. The second-order valence-corrected chi connectivity index (χ2v) is 7.05. The van der Waals surface area contributed by atoms with Gasteiger partial charge in [0, 0.05) is 0 Å². The number of hydrogen-bond acceptors (Lipinski definition) is 3. The van der Waals surface area contributed by atoms with Gasteiger partial charge in [-0.25, -0.2) is 4.21 Å². The Balaban J connectivity index is 2.83. The van der Waals surface area contributed by atoms with E-state index >= 15 is 0 Å². The fraction of sp³-hybridized carbons (Fsp3) is 0.556. The zero-order chi connectivity index (χ0) is 11.6. The predicted molar refractivity (Wildman–Crippen MR) is 69.4 cm³/mol. The van der Waals surface area contributed by atoms with Crippen molar-refractivity contribution in [3.8, 4) is 0 Å². The number of hydrogen-bond donors (Lipinski definition) is 0. The molecule has 1 heterocycles. The summed E-state index contributed by atoms with van der Waals surface area (Å²) < 4.78 is 21.1. The Morgan fingerprint density at radius 2 is 2.13 bits per heavy atom. The molecule has 4 nitrogen and oxygen atoms in total. The smallest absolute Gasteiger partial charge is 0.192 e. The zero-order valence-electron chi connectivity index (χ0n) is 9.07. The van der Waals surface area contributed by atoms with Crippen molar-refractivity contribution in [2.45, 2.75) is 32.4 Å². The summed E-state index contributed by atoms with van der Waals surface area (Å²) in [5, 5.41) is 3.78. The first-order valence-electron chi connectivity index (χ1n) is 4.40. The van der Waals surface area contributed by atoms with E-state index in [2.05, 4.69) is 32.1 Å². The highest BCUT2D eigenvalue weighted by Gasteiger charge is 2.18. The Labute approximate surface area is 105 Å². The van der Waals surface area contributed by atoms with E-state index in [9.17, 15) is 4.21 Å². The third-order valence-corrected chi connectivity index (χ3v) is 4.26. The van der Waals surface area contributed by atoms with Crippen LogP contribution < -0.4 is 0 Å². The maximum atomic E-state index is 11.6. The van der Waals surface area contributed by atoms with Gasteiger partial charge in [0.25, 0.3) is 0 Å².